The maximum Gasteiger partial charge on any atom is 0.277 e. The maximum absolute atomic E-state index is 12.3. The van der Waals surface area contributed by atoms with Gasteiger partial charge < -0.3 is 19.3 Å². The summed E-state index contributed by atoms with van der Waals surface area (Å²) in [6.07, 6.45) is 0. The Balaban J connectivity index is 1.56. The number of hydrogen-bond donors (Lipinski definition) is 1. The minimum atomic E-state index is -0.402. The first-order valence-electron chi connectivity index (χ1n) is 7.63. The van der Waals surface area contributed by atoms with Crippen LogP contribution in [0.3, 0.4) is 0 Å². The number of halogens is 1. The van der Waals surface area contributed by atoms with E-state index in [9.17, 15) is 4.79 Å². The smallest absolute Gasteiger partial charge is 0.277 e. The van der Waals surface area contributed by atoms with E-state index < -0.39 is 5.91 Å². The fraction of sp³-hybridized carbons (Fsp3) is 0.111. The molecule has 7 heteroatoms. The van der Waals surface area contributed by atoms with Crippen LogP contribution in [-0.4, -0.2) is 24.3 Å². The quantitative estimate of drug-likeness (QED) is 0.767. The number of fused-ring (bicyclic) bond motifs is 1. The Morgan fingerprint density at radius 3 is 2.68 bits per heavy atom. The topological polar surface area (TPSA) is 73.6 Å². The van der Waals surface area contributed by atoms with E-state index in [1.54, 1.807) is 42.5 Å². The Hall–Kier alpha value is -2.99. The summed E-state index contributed by atoms with van der Waals surface area (Å²) in [6, 6.07) is 14.0. The molecular weight excluding hydrogens is 344 g/mol. The van der Waals surface area contributed by atoms with Crippen molar-refractivity contribution in [2.75, 3.05) is 18.5 Å². The van der Waals surface area contributed by atoms with E-state index in [1.807, 2.05) is 6.07 Å². The van der Waals surface area contributed by atoms with Gasteiger partial charge in [-0.3, -0.25) is 4.79 Å². The molecule has 2 heterocycles. The maximum atomic E-state index is 12.3. The monoisotopic (exact) mass is 356 g/mol. The van der Waals surface area contributed by atoms with E-state index in [-0.39, 0.29) is 5.69 Å². The fourth-order valence-corrected chi connectivity index (χ4v) is 2.65. The molecule has 0 saturated carbocycles. The molecule has 1 amide bonds. The second kappa shape index (κ2) is 6.49. The van der Waals surface area contributed by atoms with Gasteiger partial charge in [0.25, 0.3) is 5.91 Å². The van der Waals surface area contributed by atoms with Crippen LogP contribution in [0.15, 0.2) is 53.1 Å². The number of para-hydroxylation sites is 1. The highest BCUT2D eigenvalue weighted by molar-refractivity contribution is 6.33. The third-order valence-corrected chi connectivity index (χ3v) is 4.02. The number of rotatable bonds is 3. The van der Waals surface area contributed by atoms with Crippen LogP contribution < -0.4 is 14.8 Å². The van der Waals surface area contributed by atoms with E-state index in [1.165, 1.54) is 0 Å². The zero-order valence-electron chi connectivity index (χ0n) is 13.0. The molecule has 0 radical (unpaired) electrons. The molecule has 3 aromatic rings. The zero-order valence-corrected chi connectivity index (χ0v) is 13.7. The van der Waals surface area contributed by atoms with Crippen molar-refractivity contribution in [2.45, 2.75) is 0 Å². The van der Waals surface area contributed by atoms with Gasteiger partial charge in [0.2, 0.25) is 0 Å². The first-order valence-corrected chi connectivity index (χ1v) is 8.01. The van der Waals surface area contributed by atoms with Crippen LogP contribution in [0.2, 0.25) is 5.02 Å². The minimum absolute atomic E-state index is 0.157. The summed E-state index contributed by atoms with van der Waals surface area (Å²) < 4.78 is 16.3. The highest BCUT2D eigenvalue weighted by Gasteiger charge is 2.17. The lowest BCUT2D eigenvalue weighted by atomic mass is 10.1. The molecule has 1 aliphatic rings. The van der Waals surface area contributed by atoms with Gasteiger partial charge in [0.15, 0.2) is 23.0 Å². The number of carbonyl (C=O) groups excluding carboxylic acids is 1. The molecule has 2 aromatic carbocycles. The molecule has 1 aliphatic heterocycles. The largest absolute Gasteiger partial charge is 0.486 e. The number of nitrogens with zero attached hydrogens (tertiary/aromatic N) is 1. The van der Waals surface area contributed by atoms with Crippen LogP contribution in [-0.2, 0) is 0 Å². The summed E-state index contributed by atoms with van der Waals surface area (Å²) in [7, 11) is 0. The molecule has 25 heavy (non-hydrogen) atoms. The van der Waals surface area contributed by atoms with Gasteiger partial charge in [-0.25, -0.2) is 0 Å². The summed E-state index contributed by atoms with van der Waals surface area (Å²) in [5, 5.41) is 6.98. The van der Waals surface area contributed by atoms with Crippen molar-refractivity contribution in [3.63, 3.8) is 0 Å². The zero-order chi connectivity index (χ0) is 17.2. The molecule has 0 spiro atoms. The second-order valence-electron chi connectivity index (χ2n) is 5.37. The number of nitrogens with one attached hydrogen (secondary N) is 1. The molecule has 1 aromatic heterocycles. The van der Waals surface area contributed by atoms with Crippen molar-refractivity contribution in [3.05, 3.63) is 59.2 Å². The van der Waals surface area contributed by atoms with Crippen molar-refractivity contribution < 1.29 is 18.8 Å². The standard InChI is InChI=1S/C18H13ClN2O4/c19-12-3-1-2-4-13(12)20-18(22)14-10-16(25-21-14)11-5-6-15-17(9-11)24-8-7-23-15/h1-6,9-10H,7-8H2,(H,20,22). The number of carbonyl (C=O) groups is 1. The van der Waals surface area contributed by atoms with Gasteiger partial charge in [-0.1, -0.05) is 28.9 Å². The summed E-state index contributed by atoms with van der Waals surface area (Å²) >= 11 is 6.04. The summed E-state index contributed by atoms with van der Waals surface area (Å²) in [5.41, 5.74) is 1.41. The van der Waals surface area contributed by atoms with Gasteiger partial charge in [0, 0.05) is 11.6 Å². The first-order chi connectivity index (χ1) is 12.2. The second-order valence-corrected chi connectivity index (χ2v) is 5.78. The van der Waals surface area contributed by atoms with E-state index in [0.29, 0.717) is 41.2 Å². The van der Waals surface area contributed by atoms with E-state index in [0.717, 1.165) is 5.56 Å². The lowest BCUT2D eigenvalue weighted by Crippen LogP contribution is -2.15. The van der Waals surface area contributed by atoms with Crippen LogP contribution in [0.1, 0.15) is 10.5 Å². The minimum Gasteiger partial charge on any atom is -0.486 e. The van der Waals surface area contributed by atoms with Crippen molar-refractivity contribution in [3.8, 4) is 22.8 Å². The summed E-state index contributed by atoms with van der Waals surface area (Å²) in [4.78, 5) is 12.3. The Labute approximate surface area is 148 Å². The van der Waals surface area contributed by atoms with Crippen LogP contribution >= 0.6 is 11.6 Å². The average molecular weight is 357 g/mol. The van der Waals surface area contributed by atoms with Crippen molar-refractivity contribution in [1.82, 2.24) is 5.16 Å². The molecule has 6 nitrogen and oxygen atoms in total. The van der Waals surface area contributed by atoms with E-state index >= 15 is 0 Å². The van der Waals surface area contributed by atoms with Gasteiger partial charge >= 0.3 is 0 Å². The number of aromatic nitrogens is 1. The van der Waals surface area contributed by atoms with Crippen molar-refractivity contribution in [1.29, 1.82) is 0 Å². The fourth-order valence-electron chi connectivity index (χ4n) is 2.46. The van der Waals surface area contributed by atoms with Crippen molar-refractivity contribution in [2.24, 2.45) is 0 Å². The number of benzene rings is 2. The number of anilines is 1. The predicted octanol–water partition coefficient (Wildman–Crippen LogP) is 4.02. The molecule has 0 unspecified atom stereocenters. The summed E-state index contributed by atoms with van der Waals surface area (Å²) in [6.45, 7) is 1.03. The SMILES string of the molecule is O=C(Nc1ccccc1Cl)c1cc(-c2ccc3c(c2)OCCO3)on1. The van der Waals surface area contributed by atoms with E-state index in [4.69, 9.17) is 25.6 Å². The van der Waals surface area contributed by atoms with Crippen LogP contribution in [0.4, 0.5) is 5.69 Å². The highest BCUT2D eigenvalue weighted by atomic mass is 35.5. The molecule has 0 saturated heterocycles. The first kappa shape index (κ1) is 15.5. The van der Waals surface area contributed by atoms with Crippen LogP contribution in [0, 0.1) is 0 Å². The average Bonchev–Trinajstić information content (AvgIpc) is 3.13. The number of amides is 1. The van der Waals surface area contributed by atoms with Gasteiger partial charge in [-0.15, -0.1) is 0 Å². The third-order valence-electron chi connectivity index (χ3n) is 3.69. The molecule has 1 N–H and O–H groups in total. The van der Waals surface area contributed by atoms with Crippen molar-refractivity contribution >= 4 is 23.2 Å². The Bertz CT molecular complexity index is 938. The lowest BCUT2D eigenvalue weighted by molar-refractivity contribution is 0.101. The lowest BCUT2D eigenvalue weighted by Gasteiger charge is -2.18. The predicted molar refractivity (Wildman–Crippen MR) is 92.3 cm³/mol. The highest BCUT2D eigenvalue weighted by Crippen LogP contribution is 2.34. The van der Waals surface area contributed by atoms with Gasteiger partial charge in [-0.2, -0.15) is 0 Å². The summed E-state index contributed by atoms with van der Waals surface area (Å²) in [5.74, 6) is 1.38. The Morgan fingerprint density at radius 2 is 1.84 bits per heavy atom. The van der Waals surface area contributed by atoms with Gasteiger partial charge in [-0.05, 0) is 30.3 Å². The van der Waals surface area contributed by atoms with Crippen LogP contribution in [0.5, 0.6) is 11.5 Å². The van der Waals surface area contributed by atoms with Gasteiger partial charge in [0.05, 0.1) is 10.7 Å². The molecule has 0 bridgehead atoms. The number of ether oxygens (including phenoxy) is 2. The van der Waals surface area contributed by atoms with Gasteiger partial charge in [0.1, 0.15) is 13.2 Å². The molecule has 4 rings (SSSR count). The normalized spacial score (nSPS) is 12.7. The molecule has 126 valence electrons. The molecule has 0 aliphatic carbocycles. The molecule has 0 atom stereocenters. The molecule has 0 fully saturated rings. The number of hydrogen-bond acceptors (Lipinski definition) is 5. The van der Waals surface area contributed by atoms with Crippen LogP contribution in [0.25, 0.3) is 11.3 Å². The molecular formula is C18H13ClN2O4. The van der Waals surface area contributed by atoms with E-state index in [2.05, 4.69) is 10.5 Å². The third kappa shape index (κ3) is 3.16. The Kier molecular flexibility index (Phi) is 4.03. The Morgan fingerprint density at radius 1 is 1.04 bits per heavy atom.